The molecule has 0 aliphatic carbocycles. The van der Waals surface area contributed by atoms with E-state index in [1.54, 1.807) is 18.2 Å². The van der Waals surface area contributed by atoms with Crippen LogP contribution in [-0.4, -0.2) is 4.57 Å². The highest BCUT2D eigenvalue weighted by Gasteiger charge is 2.22. The molecule has 3 nitrogen and oxygen atoms in total. The van der Waals surface area contributed by atoms with E-state index >= 15 is 0 Å². The molecule has 0 fully saturated rings. The highest BCUT2D eigenvalue weighted by molar-refractivity contribution is 6.20. The molecule has 65 heavy (non-hydrogen) atoms. The summed E-state index contributed by atoms with van der Waals surface area (Å²) in [4.78, 5) is 1.43. The minimum Gasteiger partial charge on any atom is -0.455 e. The Kier molecular flexibility index (Phi) is 6.84. The van der Waals surface area contributed by atoms with E-state index in [2.05, 4.69) is 4.57 Å². The fourth-order valence-electron chi connectivity index (χ4n) is 9.62. The maximum atomic E-state index is 10.4. The fraction of sp³-hybridized carbons (Fsp3) is 0. The normalized spacial score (nSPS) is 13.4. The maximum Gasteiger partial charge on any atom is 0.143 e. The minimum atomic E-state index is -0.489. The lowest BCUT2D eigenvalue weighted by atomic mass is 9.95. The van der Waals surface area contributed by atoms with E-state index in [4.69, 9.17) is 4.42 Å². The van der Waals surface area contributed by atoms with Crippen LogP contribution in [-0.2, 0) is 0 Å². The van der Waals surface area contributed by atoms with Crippen molar-refractivity contribution in [2.75, 3.05) is 4.90 Å². The Labute approximate surface area is 387 Å². The second-order valence-corrected chi connectivity index (χ2v) is 16.2. The van der Waals surface area contributed by atoms with Crippen LogP contribution in [0.25, 0.3) is 104 Å². The number of furan rings is 1. The molecular formula is C62H40N2O. The van der Waals surface area contributed by atoms with Gasteiger partial charge in [0.1, 0.15) is 11.2 Å². The summed E-state index contributed by atoms with van der Waals surface area (Å²) in [6, 6.07) is 59.2. The van der Waals surface area contributed by atoms with Crippen molar-refractivity contribution < 1.29 is 15.4 Å². The Bertz CT molecular complexity index is 4410. The van der Waals surface area contributed by atoms with Gasteiger partial charge in [-0.15, -0.1) is 0 Å². The second-order valence-electron chi connectivity index (χ2n) is 16.2. The van der Waals surface area contributed by atoms with Crippen molar-refractivity contribution in [2.45, 2.75) is 0 Å². The van der Waals surface area contributed by atoms with E-state index in [9.17, 15) is 11.0 Å². The van der Waals surface area contributed by atoms with Gasteiger partial charge in [-0.05, 0) is 122 Å². The molecule has 0 aliphatic heterocycles. The van der Waals surface area contributed by atoms with Gasteiger partial charge in [-0.1, -0.05) is 170 Å². The SMILES string of the molecule is [2H]c1c([2H])c(-c2cccc3c2c2ccccc2n3-c2ccccc2)c([2H])c(N(c2c([2H])c([2H])c(-c3cccc(-c4cccc5ccccc45)c3)c([2H])c2[2H])c2cccc3oc4c5ccccc5ccc4c23)c1[2H]. The van der Waals surface area contributed by atoms with Crippen molar-refractivity contribution in [3.05, 3.63) is 242 Å². The zero-order valence-corrected chi connectivity index (χ0v) is 34.8. The number of nitrogens with zero attached hydrogens (tertiary/aromatic N) is 2. The third-order valence-corrected chi connectivity index (χ3v) is 12.5. The maximum absolute atomic E-state index is 10.4. The lowest BCUT2D eigenvalue weighted by Gasteiger charge is -2.27. The number of hydrogen-bond donors (Lipinski definition) is 0. The molecule has 0 atom stereocenters. The third-order valence-electron chi connectivity index (χ3n) is 12.5. The van der Waals surface area contributed by atoms with Crippen molar-refractivity contribution in [3.8, 4) is 39.1 Å². The van der Waals surface area contributed by atoms with Crippen LogP contribution in [0, 0.1) is 0 Å². The summed E-state index contributed by atoms with van der Waals surface area (Å²) >= 11 is 0. The van der Waals surface area contributed by atoms with Gasteiger partial charge in [-0.2, -0.15) is 0 Å². The molecule has 0 N–H and O–H groups in total. The van der Waals surface area contributed by atoms with Crippen LogP contribution in [0.2, 0.25) is 0 Å². The second kappa shape index (κ2) is 15.0. The van der Waals surface area contributed by atoms with Crippen molar-refractivity contribution in [1.29, 1.82) is 0 Å². The Morgan fingerprint density at radius 3 is 1.97 bits per heavy atom. The number of hydrogen-bond acceptors (Lipinski definition) is 2. The van der Waals surface area contributed by atoms with E-state index in [1.165, 1.54) is 4.90 Å². The molecule has 2 aromatic heterocycles. The predicted octanol–water partition coefficient (Wildman–Crippen LogP) is 17.5. The lowest BCUT2D eigenvalue weighted by molar-refractivity contribution is 0.672. The first-order valence-corrected chi connectivity index (χ1v) is 21.6. The molecule has 0 saturated carbocycles. The van der Waals surface area contributed by atoms with Crippen molar-refractivity contribution >= 4 is 82.4 Å². The van der Waals surface area contributed by atoms with Gasteiger partial charge in [-0.3, -0.25) is 0 Å². The summed E-state index contributed by atoms with van der Waals surface area (Å²) in [6.45, 7) is 0. The molecule has 2 heterocycles. The summed E-state index contributed by atoms with van der Waals surface area (Å²) < 4.78 is 87.7. The van der Waals surface area contributed by atoms with Gasteiger partial charge in [0.15, 0.2) is 0 Å². The van der Waals surface area contributed by atoms with E-state index in [-0.39, 0.29) is 46.7 Å². The zero-order valence-electron chi connectivity index (χ0n) is 42.8. The summed E-state index contributed by atoms with van der Waals surface area (Å²) in [6.07, 6.45) is 0. The molecule has 0 saturated heterocycles. The fourth-order valence-corrected chi connectivity index (χ4v) is 9.62. The highest BCUT2D eigenvalue weighted by atomic mass is 16.3. The van der Waals surface area contributed by atoms with Crippen LogP contribution in [0.15, 0.2) is 247 Å². The molecular weight excluding hydrogens is 789 g/mol. The van der Waals surface area contributed by atoms with E-state index in [0.29, 0.717) is 38.8 Å². The molecule has 13 aromatic rings. The van der Waals surface area contributed by atoms with Crippen LogP contribution >= 0.6 is 0 Å². The molecule has 0 spiro atoms. The van der Waals surface area contributed by atoms with Gasteiger partial charge in [0, 0.05) is 38.6 Å². The first kappa shape index (κ1) is 29.6. The van der Waals surface area contributed by atoms with Crippen molar-refractivity contribution in [1.82, 2.24) is 4.57 Å². The van der Waals surface area contributed by atoms with E-state index in [0.717, 1.165) is 60.2 Å². The molecule has 0 unspecified atom stereocenters. The van der Waals surface area contributed by atoms with Gasteiger partial charge >= 0.3 is 0 Å². The van der Waals surface area contributed by atoms with Crippen LogP contribution in [0.3, 0.4) is 0 Å². The smallest absolute Gasteiger partial charge is 0.143 e. The summed E-state index contributed by atoms with van der Waals surface area (Å²) in [7, 11) is 0. The van der Waals surface area contributed by atoms with Crippen LogP contribution < -0.4 is 4.90 Å². The lowest BCUT2D eigenvalue weighted by Crippen LogP contribution is -2.10. The molecule has 0 aliphatic rings. The number of anilines is 3. The van der Waals surface area contributed by atoms with Crippen LogP contribution in [0.1, 0.15) is 11.0 Å². The average Bonchev–Trinajstić information content (AvgIpc) is 3.99. The number of benzene rings is 11. The van der Waals surface area contributed by atoms with Crippen molar-refractivity contribution in [2.24, 2.45) is 0 Å². The Morgan fingerprint density at radius 2 is 1.09 bits per heavy atom. The van der Waals surface area contributed by atoms with E-state index < -0.39 is 24.2 Å². The Morgan fingerprint density at radius 1 is 0.415 bits per heavy atom. The third kappa shape index (κ3) is 6.05. The van der Waals surface area contributed by atoms with Crippen LogP contribution in [0.5, 0.6) is 0 Å². The summed E-state index contributed by atoms with van der Waals surface area (Å²) in [5.74, 6) is 0. The molecule has 0 amide bonds. The standard InChI is InChI=1S/C62H40N2O/c1-2-21-47(22-3-1)64-56-29-9-8-26-54(56)60-52(28-13-30-57(60)64)46-20-11-23-49(40-46)63(58-31-14-32-59-61(58)55-38-35-43-16-5-7-25-53(43)62(55)65-59)48-36-33-41(34-37-48)44-18-10-19-45(39-44)51-27-12-17-42-15-4-6-24-50(42)51/h1-40H/i11D,20D,23D,33D,34D,36D,37D,40D. The van der Waals surface area contributed by atoms with E-state index in [1.807, 2.05) is 176 Å². The van der Waals surface area contributed by atoms with Gasteiger partial charge < -0.3 is 13.9 Å². The summed E-state index contributed by atoms with van der Waals surface area (Å²) in [5.41, 5.74) is 6.49. The zero-order chi connectivity index (χ0) is 49.8. The van der Waals surface area contributed by atoms with Gasteiger partial charge in [0.05, 0.1) is 33.1 Å². The van der Waals surface area contributed by atoms with Crippen molar-refractivity contribution in [3.63, 3.8) is 0 Å². The van der Waals surface area contributed by atoms with Gasteiger partial charge in [-0.25, -0.2) is 0 Å². The first-order valence-electron chi connectivity index (χ1n) is 25.6. The molecule has 0 radical (unpaired) electrons. The highest BCUT2D eigenvalue weighted by Crippen LogP contribution is 2.46. The first-order chi connectivity index (χ1) is 35.6. The molecule has 3 heteroatoms. The number of aromatic nitrogens is 1. The molecule has 13 rings (SSSR count). The largest absolute Gasteiger partial charge is 0.455 e. The quantitative estimate of drug-likeness (QED) is 0.159. The number of para-hydroxylation sites is 2. The minimum absolute atomic E-state index is 0.0786. The number of rotatable bonds is 7. The predicted molar refractivity (Wildman–Crippen MR) is 274 cm³/mol. The topological polar surface area (TPSA) is 21.3 Å². The number of fused-ring (bicyclic) bond motifs is 9. The molecule has 11 aromatic carbocycles. The molecule has 304 valence electrons. The average molecular weight is 837 g/mol. The van der Waals surface area contributed by atoms with Gasteiger partial charge in [0.25, 0.3) is 0 Å². The van der Waals surface area contributed by atoms with Gasteiger partial charge in [0.2, 0.25) is 0 Å². The summed E-state index contributed by atoms with van der Waals surface area (Å²) in [5, 5.41) is 6.73. The Balaban J connectivity index is 1.10. The van der Waals surface area contributed by atoms with Crippen LogP contribution in [0.4, 0.5) is 17.1 Å². The monoisotopic (exact) mass is 836 g/mol. The molecule has 0 bridgehead atoms. The Hall–Kier alpha value is -8.66.